The topological polar surface area (TPSA) is 97.0 Å². The van der Waals surface area contributed by atoms with Crippen molar-refractivity contribution < 1.29 is 23.7 Å². The van der Waals surface area contributed by atoms with Crippen LogP contribution in [0.1, 0.15) is 95.6 Å². The van der Waals surface area contributed by atoms with Gasteiger partial charge >= 0.3 is 7.12 Å². The molecule has 0 aromatic heterocycles. The molecule has 2 N–H and O–H groups in total. The molecule has 2 saturated heterocycles. The van der Waals surface area contributed by atoms with Gasteiger partial charge in [-0.2, -0.15) is 0 Å². The summed E-state index contributed by atoms with van der Waals surface area (Å²) in [4.78, 5) is 44.0. The SMILES string of the molecule is CC[C@H](NC(=O)[C@H](c1ccccc1)N1CCCC(NC(=O)c2ccccc2)(C(C)C)C1=O)B1OC2C[C@@H]3C[C@@H](C3(C)C)[C@]2(C)O1. The van der Waals surface area contributed by atoms with Gasteiger partial charge in [0.2, 0.25) is 11.8 Å². The minimum Gasteiger partial charge on any atom is -0.404 e. The van der Waals surface area contributed by atoms with Crippen LogP contribution in [-0.2, 0) is 18.9 Å². The number of hydrogen-bond acceptors (Lipinski definition) is 5. The molecule has 8 nitrogen and oxygen atoms in total. The van der Waals surface area contributed by atoms with E-state index in [9.17, 15) is 14.4 Å². The largest absolute Gasteiger partial charge is 0.481 e. The number of carbonyl (C=O) groups is 3. The molecular weight excluding hydrogens is 565 g/mol. The van der Waals surface area contributed by atoms with Gasteiger partial charge in [0.25, 0.3) is 5.91 Å². The van der Waals surface area contributed by atoms with Gasteiger partial charge in [-0.3, -0.25) is 14.4 Å². The van der Waals surface area contributed by atoms with Gasteiger partial charge in [0, 0.05) is 12.1 Å². The molecule has 2 aromatic carbocycles. The van der Waals surface area contributed by atoms with E-state index in [4.69, 9.17) is 9.31 Å². The van der Waals surface area contributed by atoms with E-state index in [-0.39, 0.29) is 46.7 Å². The summed E-state index contributed by atoms with van der Waals surface area (Å²) in [6, 6.07) is 17.5. The molecule has 2 aromatic rings. The van der Waals surface area contributed by atoms with Crippen LogP contribution >= 0.6 is 0 Å². The standard InChI is InChI=1S/C36H48BN3O5/c1-7-29(37-44-28-22-26-21-27(34(26,4)5)35(28,6)45-37)38-32(42)30(24-15-10-8-11-16-24)40-20-14-19-36(23(2)3,33(40)43)39-31(41)25-17-12-9-13-18-25/h8-13,15-18,23,26-30H,7,14,19-22H2,1-6H3,(H,38,42)(H,39,41)/t26-,27-,28?,29-,30-,35-,36?/m0/s1. The Morgan fingerprint density at radius 1 is 1.02 bits per heavy atom. The first-order valence-corrected chi connectivity index (χ1v) is 16.8. The van der Waals surface area contributed by atoms with Crippen LogP contribution in [0.2, 0.25) is 0 Å². The number of rotatable bonds is 9. The van der Waals surface area contributed by atoms with Gasteiger partial charge in [-0.15, -0.1) is 0 Å². The summed E-state index contributed by atoms with van der Waals surface area (Å²) in [5.74, 6) is -0.315. The predicted octanol–water partition coefficient (Wildman–Crippen LogP) is 5.34. The number of benzene rings is 2. The van der Waals surface area contributed by atoms with Gasteiger partial charge in [0.15, 0.2) is 0 Å². The first-order chi connectivity index (χ1) is 21.4. The van der Waals surface area contributed by atoms with Crippen molar-refractivity contribution in [3.63, 3.8) is 0 Å². The normalized spacial score (nSPS) is 31.5. The van der Waals surface area contributed by atoms with Crippen molar-refractivity contribution in [2.45, 2.75) is 103 Å². The molecule has 2 bridgehead atoms. The van der Waals surface area contributed by atoms with Gasteiger partial charge in [-0.25, -0.2) is 0 Å². The van der Waals surface area contributed by atoms with E-state index in [2.05, 4.69) is 31.4 Å². The fourth-order valence-electron chi connectivity index (χ4n) is 8.70. The quantitative estimate of drug-likeness (QED) is 0.373. The van der Waals surface area contributed by atoms with Crippen LogP contribution in [0.5, 0.6) is 0 Å². The smallest absolute Gasteiger partial charge is 0.404 e. The lowest BCUT2D eigenvalue weighted by atomic mass is 9.43. The number of nitrogens with one attached hydrogen (secondary N) is 2. The lowest BCUT2D eigenvalue weighted by Crippen LogP contribution is -2.66. The number of amides is 3. The fourth-order valence-corrected chi connectivity index (χ4v) is 8.70. The van der Waals surface area contributed by atoms with Crippen molar-refractivity contribution in [1.29, 1.82) is 0 Å². The summed E-state index contributed by atoms with van der Waals surface area (Å²) >= 11 is 0. The molecule has 3 saturated carbocycles. The number of carbonyl (C=O) groups excluding carboxylic acids is 3. The molecule has 9 heteroatoms. The Bertz CT molecular complexity index is 1420. The molecule has 2 heterocycles. The van der Waals surface area contributed by atoms with Crippen molar-refractivity contribution >= 4 is 24.8 Å². The summed E-state index contributed by atoms with van der Waals surface area (Å²) in [5.41, 5.74) is -0.0734. The van der Waals surface area contributed by atoms with Gasteiger partial charge in [-0.1, -0.05) is 83.1 Å². The molecule has 0 spiro atoms. The van der Waals surface area contributed by atoms with Crippen LogP contribution in [0.15, 0.2) is 60.7 Å². The van der Waals surface area contributed by atoms with Gasteiger partial charge < -0.3 is 24.8 Å². The molecule has 3 amide bonds. The number of piperidine rings is 1. The average molecular weight is 614 g/mol. The van der Waals surface area contributed by atoms with E-state index < -0.39 is 18.7 Å². The Labute approximate surface area is 268 Å². The zero-order chi connectivity index (χ0) is 32.1. The maximum absolute atomic E-state index is 14.6. The average Bonchev–Trinajstić information content (AvgIpc) is 3.39. The van der Waals surface area contributed by atoms with E-state index in [0.29, 0.717) is 43.2 Å². The zero-order valence-corrected chi connectivity index (χ0v) is 27.5. The van der Waals surface area contributed by atoms with Gasteiger partial charge in [0.05, 0.1) is 17.6 Å². The Balaban J connectivity index is 1.26. The second-order valence-corrected chi connectivity index (χ2v) is 14.7. The lowest BCUT2D eigenvalue weighted by molar-refractivity contribution is -0.199. The fraction of sp³-hybridized carbons (Fsp3) is 0.583. The van der Waals surface area contributed by atoms with E-state index in [1.165, 1.54) is 0 Å². The molecule has 3 aliphatic carbocycles. The van der Waals surface area contributed by atoms with Crippen LogP contribution in [0.25, 0.3) is 0 Å². The molecule has 2 aliphatic heterocycles. The van der Waals surface area contributed by atoms with Crippen LogP contribution < -0.4 is 10.6 Å². The van der Waals surface area contributed by atoms with Gasteiger partial charge in [0.1, 0.15) is 11.6 Å². The van der Waals surface area contributed by atoms with Gasteiger partial charge in [-0.05, 0) is 79.9 Å². The third kappa shape index (κ3) is 5.30. The molecule has 5 aliphatic rings. The third-order valence-electron chi connectivity index (χ3n) is 11.7. The minimum absolute atomic E-state index is 0.0127. The van der Waals surface area contributed by atoms with E-state index in [1.807, 2.05) is 69.3 Å². The second-order valence-electron chi connectivity index (χ2n) is 14.7. The maximum Gasteiger partial charge on any atom is 0.481 e. The van der Waals surface area contributed by atoms with E-state index in [1.54, 1.807) is 17.0 Å². The monoisotopic (exact) mass is 613 g/mol. The Kier molecular flexibility index (Phi) is 8.40. The zero-order valence-electron chi connectivity index (χ0n) is 27.5. The summed E-state index contributed by atoms with van der Waals surface area (Å²) < 4.78 is 13.3. The predicted molar refractivity (Wildman–Crippen MR) is 174 cm³/mol. The summed E-state index contributed by atoms with van der Waals surface area (Å²) in [7, 11) is -0.558. The van der Waals surface area contributed by atoms with Crippen molar-refractivity contribution in [2.24, 2.45) is 23.2 Å². The van der Waals surface area contributed by atoms with Crippen LogP contribution in [0.4, 0.5) is 0 Å². The summed E-state index contributed by atoms with van der Waals surface area (Å²) in [6.45, 7) is 13.2. The Morgan fingerprint density at radius 3 is 2.31 bits per heavy atom. The van der Waals surface area contributed by atoms with E-state index >= 15 is 0 Å². The van der Waals surface area contributed by atoms with Crippen molar-refractivity contribution in [2.75, 3.05) is 6.54 Å². The molecule has 7 atom stereocenters. The minimum atomic E-state index is -1.14. The molecule has 45 heavy (non-hydrogen) atoms. The lowest BCUT2D eigenvalue weighted by Gasteiger charge is -2.64. The number of nitrogens with zero attached hydrogens (tertiary/aromatic N) is 1. The highest BCUT2D eigenvalue weighted by atomic mass is 16.7. The Morgan fingerprint density at radius 2 is 1.69 bits per heavy atom. The highest BCUT2D eigenvalue weighted by Gasteiger charge is 2.68. The molecule has 0 radical (unpaired) electrons. The molecule has 240 valence electrons. The third-order valence-corrected chi connectivity index (χ3v) is 11.7. The Hall–Kier alpha value is -3.17. The molecule has 7 rings (SSSR count). The second kappa shape index (κ2) is 11.9. The van der Waals surface area contributed by atoms with Crippen molar-refractivity contribution in [3.8, 4) is 0 Å². The van der Waals surface area contributed by atoms with Crippen molar-refractivity contribution in [1.82, 2.24) is 15.5 Å². The van der Waals surface area contributed by atoms with Crippen LogP contribution in [-0.4, -0.2) is 59.5 Å². The molecular formula is C36H48BN3O5. The molecule has 5 fully saturated rings. The summed E-state index contributed by atoms with van der Waals surface area (Å²) in [6.07, 6.45) is 3.92. The number of likely N-dealkylation sites (tertiary alicyclic amines) is 1. The highest BCUT2D eigenvalue weighted by Crippen LogP contribution is 2.65. The maximum atomic E-state index is 14.6. The van der Waals surface area contributed by atoms with E-state index in [0.717, 1.165) is 18.4 Å². The van der Waals surface area contributed by atoms with Crippen LogP contribution in [0, 0.1) is 23.2 Å². The van der Waals surface area contributed by atoms with Crippen LogP contribution in [0.3, 0.4) is 0 Å². The first-order valence-electron chi connectivity index (χ1n) is 16.8. The first kappa shape index (κ1) is 31.8. The highest BCUT2D eigenvalue weighted by molar-refractivity contribution is 6.47. The van der Waals surface area contributed by atoms with Crippen molar-refractivity contribution in [3.05, 3.63) is 71.8 Å². The number of hydrogen-bond donors (Lipinski definition) is 2. The summed E-state index contributed by atoms with van der Waals surface area (Å²) in [5, 5.41) is 6.37. The molecule has 2 unspecified atom stereocenters.